The highest BCUT2D eigenvalue weighted by Gasteiger charge is 2.35. The van der Waals surface area contributed by atoms with Crippen LogP contribution in [0.1, 0.15) is 26.7 Å². The average Bonchev–Trinajstić information content (AvgIpc) is 2.35. The SMILES string of the molecule is CCOC(=O)CSC1CC(OC)=C([N+](=O)[O-])C(C)C1. The van der Waals surface area contributed by atoms with E-state index in [0.29, 0.717) is 25.2 Å². The second-order valence-electron chi connectivity index (χ2n) is 4.35. The maximum atomic E-state index is 11.3. The lowest BCUT2D eigenvalue weighted by Gasteiger charge is -2.25. The van der Waals surface area contributed by atoms with Crippen molar-refractivity contribution in [2.24, 2.45) is 5.92 Å². The number of thioether (sulfide) groups is 1. The molecule has 6 nitrogen and oxygen atoms in total. The fourth-order valence-electron chi connectivity index (χ4n) is 2.16. The van der Waals surface area contributed by atoms with Gasteiger partial charge in [0, 0.05) is 11.7 Å². The van der Waals surface area contributed by atoms with Crippen LogP contribution in [-0.2, 0) is 14.3 Å². The second-order valence-corrected chi connectivity index (χ2v) is 5.64. The predicted octanol–water partition coefficient (Wildman–Crippen LogP) is 2.22. The van der Waals surface area contributed by atoms with E-state index < -0.39 is 0 Å². The Hall–Kier alpha value is -1.24. The number of nitro groups is 1. The predicted molar refractivity (Wildman–Crippen MR) is 72.3 cm³/mol. The number of carbonyl (C=O) groups excluding carboxylic acids is 1. The number of ether oxygens (including phenoxy) is 2. The van der Waals surface area contributed by atoms with Crippen molar-refractivity contribution in [2.75, 3.05) is 19.5 Å². The van der Waals surface area contributed by atoms with E-state index in [1.807, 2.05) is 6.92 Å². The van der Waals surface area contributed by atoms with E-state index in [1.54, 1.807) is 6.92 Å². The fraction of sp³-hybridized carbons (Fsp3) is 0.750. The standard InChI is InChI=1S/C12H19NO5S/c1-4-18-11(14)7-19-9-5-8(2)12(13(15)16)10(6-9)17-3/h8-9H,4-7H2,1-3H3. The molecule has 108 valence electrons. The Bertz CT molecular complexity index is 382. The number of allylic oxidation sites excluding steroid dienone is 2. The zero-order valence-electron chi connectivity index (χ0n) is 11.4. The second kappa shape index (κ2) is 7.37. The molecule has 0 N–H and O–H groups in total. The summed E-state index contributed by atoms with van der Waals surface area (Å²) in [5.41, 5.74) is 0.162. The van der Waals surface area contributed by atoms with Gasteiger partial charge in [-0.2, -0.15) is 0 Å². The molecule has 0 saturated heterocycles. The van der Waals surface area contributed by atoms with Crippen molar-refractivity contribution < 1.29 is 19.2 Å². The summed E-state index contributed by atoms with van der Waals surface area (Å²) in [6.07, 6.45) is 1.16. The van der Waals surface area contributed by atoms with Gasteiger partial charge in [-0.1, -0.05) is 6.92 Å². The molecule has 0 fully saturated rings. The summed E-state index contributed by atoms with van der Waals surface area (Å²) in [5, 5.41) is 11.1. The first-order valence-electron chi connectivity index (χ1n) is 6.18. The van der Waals surface area contributed by atoms with Gasteiger partial charge < -0.3 is 9.47 Å². The molecular formula is C12H19NO5S. The van der Waals surface area contributed by atoms with Gasteiger partial charge in [0.05, 0.1) is 30.3 Å². The molecule has 0 amide bonds. The van der Waals surface area contributed by atoms with E-state index in [2.05, 4.69) is 0 Å². The van der Waals surface area contributed by atoms with Crippen molar-refractivity contribution in [1.29, 1.82) is 0 Å². The van der Waals surface area contributed by atoms with Crippen LogP contribution in [0.5, 0.6) is 0 Å². The van der Waals surface area contributed by atoms with Gasteiger partial charge in [0.15, 0.2) is 5.76 Å². The number of esters is 1. The minimum atomic E-state index is -0.365. The average molecular weight is 289 g/mol. The topological polar surface area (TPSA) is 78.7 Å². The highest BCUT2D eigenvalue weighted by Crippen LogP contribution is 2.36. The molecule has 1 aliphatic rings. The monoisotopic (exact) mass is 289 g/mol. The minimum absolute atomic E-state index is 0.151. The molecule has 19 heavy (non-hydrogen) atoms. The van der Waals surface area contributed by atoms with Crippen LogP contribution >= 0.6 is 11.8 Å². The fourth-order valence-corrected chi connectivity index (χ4v) is 3.31. The maximum Gasteiger partial charge on any atom is 0.315 e. The smallest absolute Gasteiger partial charge is 0.315 e. The summed E-state index contributed by atoms with van der Waals surface area (Å²) >= 11 is 1.47. The van der Waals surface area contributed by atoms with Crippen LogP contribution in [0.4, 0.5) is 0 Å². The molecule has 2 unspecified atom stereocenters. The first kappa shape index (κ1) is 15.8. The minimum Gasteiger partial charge on any atom is -0.494 e. The van der Waals surface area contributed by atoms with Crippen LogP contribution in [0.15, 0.2) is 11.5 Å². The van der Waals surface area contributed by atoms with Gasteiger partial charge in [-0.05, 0) is 13.3 Å². The lowest BCUT2D eigenvalue weighted by Crippen LogP contribution is -2.25. The van der Waals surface area contributed by atoms with Crippen LogP contribution in [0.3, 0.4) is 0 Å². The van der Waals surface area contributed by atoms with E-state index in [0.717, 1.165) is 0 Å². The van der Waals surface area contributed by atoms with Gasteiger partial charge in [-0.15, -0.1) is 11.8 Å². The van der Waals surface area contributed by atoms with Crippen LogP contribution < -0.4 is 0 Å². The molecule has 0 aromatic carbocycles. The Morgan fingerprint density at radius 2 is 2.26 bits per heavy atom. The Morgan fingerprint density at radius 3 is 2.79 bits per heavy atom. The Morgan fingerprint density at radius 1 is 1.58 bits per heavy atom. The normalized spacial score (nSPS) is 23.1. The van der Waals surface area contributed by atoms with Crippen molar-refractivity contribution >= 4 is 17.7 Å². The van der Waals surface area contributed by atoms with Gasteiger partial charge >= 0.3 is 5.97 Å². The molecule has 7 heteroatoms. The molecule has 0 saturated carbocycles. The van der Waals surface area contributed by atoms with Crippen LogP contribution in [-0.4, -0.2) is 35.6 Å². The number of rotatable bonds is 6. The molecule has 0 aromatic rings. The first-order valence-corrected chi connectivity index (χ1v) is 7.23. The van der Waals surface area contributed by atoms with Crippen molar-refractivity contribution in [3.63, 3.8) is 0 Å². The van der Waals surface area contributed by atoms with E-state index in [9.17, 15) is 14.9 Å². The van der Waals surface area contributed by atoms with E-state index in [-0.39, 0.29) is 33.5 Å². The molecule has 0 radical (unpaired) electrons. The molecule has 1 rings (SSSR count). The molecule has 0 bridgehead atoms. The first-order chi connectivity index (χ1) is 8.99. The highest BCUT2D eigenvalue weighted by molar-refractivity contribution is 8.00. The van der Waals surface area contributed by atoms with Crippen LogP contribution in [0.25, 0.3) is 0 Å². The van der Waals surface area contributed by atoms with Gasteiger partial charge in [0.1, 0.15) is 0 Å². The number of methoxy groups -OCH3 is 1. The Labute approximate surface area is 116 Å². The molecule has 1 aliphatic carbocycles. The highest BCUT2D eigenvalue weighted by atomic mass is 32.2. The lowest BCUT2D eigenvalue weighted by atomic mass is 9.92. The third-order valence-corrected chi connectivity index (χ3v) is 4.20. The molecule has 0 heterocycles. The summed E-state index contributed by atoms with van der Waals surface area (Å²) in [6, 6.07) is 0. The van der Waals surface area contributed by atoms with E-state index in [1.165, 1.54) is 18.9 Å². The quantitative estimate of drug-likeness (QED) is 0.424. The molecule has 0 aromatic heterocycles. The molecule has 0 aliphatic heterocycles. The largest absolute Gasteiger partial charge is 0.494 e. The number of hydrogen-bond donors (Lipinski definition) is 0. The Balaban J connectivity index is 2.63. The van der Waals surface area contributed by atoms with Crippen molar-refractivity contribution in [2.45, 2.75) is 31.9 Å². The zero-order valence-corrected chi connectivity index (χ0v) is 12.2. The maximum absolute atomic E-state index is 11.3. The van der Waals surface area contributed by atoms with Crippen molar-refractivity contribution in [1.82, 2.24) is 0 Å². The summed E-state index contributed by atoms with van der Waals surface area (Å²) < 4.78 is 9.99. The van der Waals surface area contributed by atoms with Gasteiger partial charge in [-0.25, -0.2) is 0 Å². The summed E-state index contributed by atoms with van der Waals surface area (Å²) in [5.74, 6) is 0.280. The summed E-state index contributed by atoms with van der Waals surface area (Å²) in [6.45, 7) is 3.95. The summed E-state index contributed by atoms with van der Waals surface area (Å²) in [7, 11) is 1.45. The number of carbonyl (C=O) groups is 1. The number of nitrogens with zero attached hydrogens (tertiary/aromatic N) is 1. The van der Waals surface area contributed by atoms with Crippen molar-refractivity contribution in [3.8, 4) is 0 Å². The summed E-state index contributed by atoms with van der Waals surface area (Å²) in [4.78, 5) is 21.9. The zero-order chi connectivity index (χ0) is 14.4. The number of hydrogen-bond acceptors (Lipinski definition) is 6. The van der Waals surface area contributed by atoms with Gasteiger partial charge in [0.2, 0.25) is 0 Å². The molecule has 2 atom stereocenters. The third-order valence-electron chi connectivity index (χ3n) is 2.97. The van der Waals surface area contributed by atoms with Gasteiger partial charge in [-0.3, -0.25) is 14.9 Å². The lowest BCUT2D eigenvalue weighted by molar-refractivity contribution is -0.437. The molecular weight excluding hydrogens is 270 g/mol. The van der Waals surface area contributed by atoms with Crippen molar-refractivity contribution in [3.05, 3.63) is 21.6 Å². The third kappa shape index (κ3) is 4.41. The van der Waals surface area contributed by atoms with E-state index >= 15 is 0 Å². The molecule has 0 spiro atoms. The van der Waals surface area contributed by atoms with Crippen LogP contribution in [0, 0.1) is 16.0 Å². The van der Waals surface area contributed by atoms with Crippen LogP contribution in [0.2, 0.25) is 0 Å². The van der Waals surface area contributed by atoms with Gasteiger partial charge in [0.25, 0.3) is 5.70 Å². The van der Waals surface area contributed by atoms with E-state index in [4.69, 9.17) is 9.47 Å². The Kier molecular flexibility index (Phi) is 6.14.